The summed E-state index contributed by atoms with van der Waals surface area (Å²) in [6, 6.07) is 7.19. The highest BCUT2D eigenvalue weighted by Crippen LogP contribution is 2.23. The molecule has 0 saturated carbocycles. The number of rotatable bonds is 3. The van der Waals surface area contributed by atoms with Gasteiger partial charge >= 0.3 is 0 Å². The maximum Gasteiger partial charge on any atom is 0.265 e. The number of hydrogen-bond acceptors (Lipinski definition) is 6. The second-order valence-corrected chi connectivity index (χ2v) is 7.16. The molecule has 2 rings (SSSR count). The van der Waals surface area contributed by atoms with Crippen molar-refractivity contribution in [2.24, 2.45) is 4.36 Å². The molecule has 0 aliphatic heterocycles. The lowest BCUT2D eigenvalue weighted by atomic mass is 10.2. The van der Waals surface area contributed by atoms with Gasteiger partial charge in [-0.15, -0.1) is 0 Å². The summed E-state index contributed by atoms with van der Waals surface area (Å²) < 4.78 is 20.9. The van der Waals surface area contributed by atoms with E-state index in [0.717, 1.165) is 5.56 Å². The van der Waals surface area contributed by atoms with Crippen LogP contribution in [-0.4, -0.2) is 41.0 Å². The molecule has 0 amide bonds. The Morgan fingerprint density at radius 1 is 1.21 bits per heavy atom. The molecule has 0 fully saturated rings. The van der Waals surface area contributed by atoms with Gasteiger partial charge in [0.2, 0.25) is 0 Å². The third-order valence-electron chi connectivity index (χ3n) is 2.25. The summed E-state index contributed by atoms with van der Waals surface area (Å²) in [5.41, 5.74) is 1.48. The minimum atomic E-state index is -2.14. The molecule has 0 atom stereocenters. The van der Waals surface area contributed by atoms with Crippen molar-refractivity contribution in [2.45, 2.75) is 0 Å². The average Bonchev–Trinajstić information content (AvgIpc) is 2.77. The van der Waals surface area contributed by atoms with Crippen LogP contribution in [0, 0.1) is 0 Å². The third kappa shape index (κ3) is 3.54. The van der Waals surface area contributed by atoms with Crippen LogP contribution in [0.4, 0.5) is 11.6 Å². The number of anilines is 1. The lowest BCUT2D eigenvalue weighted by molar-refractivity contribution is 0.431. The second-order valence-electron chi connectivity index (χ2n) is 4.61. The molecule has 1 heterocycles. The number of nitrogens with zero attached hydrogens (tertiary/aromatic N) is 4. The molecular weight excluding hydrogens is 264 g/mol. The molecule has 2 aromatic rings. The molecule has 1 aromatic carbocycles. The first-order chi connectivity index (χ1) is 8.85. The van der Waals surface area contributed by atoms with Crippen LogP contribution in [-0.2, 0) is 9.73 Å². The Labute approximate surface area is 112 Å². The molecule has 19 heavy (non-hydrogen) atoms. The van der Waals surface area contributed by atoms with E-state index in [4.69, 9.17) is 4.52 Å². The Kier molecular flexibility index (Phi) is 3.57. The monoisotopic (exact) mass is 280 g/mol. The van der Waals surface area contributed by atoms with E-state index < -0.39 is 9.73 Å². The highest BCUT2D eigenvalue weighted by Gasteiger charge is 2.09. The molecule has 0 spiro atoms. The molecular formula is C12H16N4O2S. The molecule has 102 valence electrons. The molecule has 0 saturated heterocycles. The van der Waals surface area contributed by atoms with E-state index in [0.29, 0.717) is 17.5 Å². The van der Waals surface area contributed by atoms with Crippen molar-refractivity contribution in [2.75, 3.05) is 31.5 Å². The molecule has 0 unspecified atom stereocenters. The van der Waals surface area contributed by atoms with E-state index in [-0.39, 0.29) is 0 Å². The van der Waals surface area contributed by atoms with Gasteiger partial charge in [0, 0.05) is 41.9 Å². The van der Waals surface area contributed by atoms with Gasteiger partial charge in [-0.25, -0.2) is 4.21 Å². The van der Waals surface area contributed by atoms with Gasteiger partial charge in [0.05, 0.1) is 5.69 Å². The SMILES string of the molecule is CN(C)c1noc(-c2ccc(N=S(C)(C)=O)cc2)n1. The molecule has 0 aliphatic rings. The third-order valence-corrected chi connectivity index (χ3v) is 2.91. The summed E-state index contributed by atoms with van der Waals surface area (Å²) in [4.78, 5) is 6.01. The molecule has 0 bridgehead atoms. The van der Waals surface area contributed by atoms with Crippen molar-refractivity contribution < 1.29 is 8.73 Å². The van der Waals surface area contributed by atoms with Crippen LogP contribution in [0.5, 0.6) is 0 Å². The summed E-state index contributed by atoms with van der Waals surface area (Å²) in [6.45, 7) is 0. The summed E-state index contributed by atoms with van der Waals surface area (Å²) in [6.07, 6.45) is 3.20. The first-order valence-corrected chi connectivity index (χ1v) is 7.97. The Bertz CT molecular complexity index is 674. The van der Waals surface area contributed by atoms with Gasteiger partial charge in [-0.2, -0.15) is 9.35 Å². The predicted molar refractivity (Wildman–Crippen MR) is 76.1 cm³/mol. The van der Waals surface area contributed by atoms with Gasteiger partial charge in [0.1, 0.15) is 0 Å². The first-order valence-electron chi connectivity index (χ1n) is 5.64. The molecule has 7 heteroatoms. The lowest BCUT2D eigenvalue weighted by Gasteiger charge is -2.02. The van der Waals surface area contributed by atoms with E-state index in [2.05, 4.69) is 14.5 Å². The minimum Gasteiger partial charge on any atom is -0.344 e. The van der Waals surface area contributed by atoms with Crippen LogP contribution in [0.25, 0.3) is 11.5 Å². The van der Waals surface area contributed by atoms with Crippen molar-refractivity contribution in [1.82, 2.24) is 10.1 Å². The summed E-state index contributed by atoms with van der Waals surface area (Å²) >= 11 is 0. The van der Waals surface area contributed by atoms with E-state index in [1.165, 1.54) is 0 Å². The van der Waals surface area contributed by atoms with Crippen LogP contribution < -0.4 is 4.90 Å². The molecule has 6 nitrogen and oxygen atoms in total. The zero-order valence-corrected chi connectivity index (χ0v) is 12.1. The van der Waals surface area contributed by atoms with Crippen LogP contribution in [0.15, 0.2) is 33.2 Å². The first kappa shape index (κ1) is 13.5. The fraction of sp³-hybridized carbons (Fsp3) is 0.333. The van der Waals surface area contributed by atoms with E-state index in [9.17, 15) is 4.21 Å². The smallest absolute Gasteiger partial charge is 0.265 e. The Balaban J connectivity index is 2.30. The molecule has 1 aromatic heterocycles. The minimum absolute atomic E-state index is 0.448. The Morgan fingerprint density at radius 3 is 2.32 bits per heavy atom. The van der Waals surface area contributed by atoms with Gasteiger partial charge in [0.15, 0.2) is 0 Å². The quantitative estimate of drug-likeness (QED) is 0.861. The summed E-state index contributed by atoms with van der Waals surface area (Å²) in [7, 11) is 1.54. The maximum atomic E-state index is 11.6. The van der Waals surface area contributed by atoms with Gasteiger partial charge in [-0.1, -0.05) is 0 Å². The number of benzene rings is 1. The highest BCUT2D eigenvalue weighted by atomic mass is 32.2. The zero-order valence-electron chi connectivity index (χ0n) is 11.3. The second kappa shape index (κ2) is 5.00. The van der Waals surface area contributed by atoms with Gasteiger partial charge < -0.3 is 9.42 Å². The largest absolute Gasteiger partial charge is 0.344 e. The average molecular weight is 280 g/mol. The van der Waals surface area contributed by atoms with Crippen molar-refractivity contribution >= 4 is 21.4 Å². The van der Waals surface area contributed by atoms with Crippen LogP contribution in [0.1, 0.15) is 0 Å². The predicted octanol–water partition coefficient (Wildman–Crippen LogP) is 2.16. The summed E-state index contributed by atoms with van der Waals surface area (Å²) in [5, 5.41) is 3.84. The van der Waals surface area contributed by atoms with E-state index >= 15 is 0 Å². The maximum absolute atomic E-state index is 11.6. The van der Waals surface area contributed by atoms with Gasteiger partial charge in [-0.3, -0.25) is 0 Å². The fourth-order valence-corrected chi connectivity index (χ4v) is 2.06. The van der Waals surface area contributed by atoms with E-state index in [1.54, 1.807) is 29.5 Å². The van der Waals surface area contributed by atoms with Crippen molar-refractivity contribution in [1.29, 1.82) is 0 Å². The standard InChI is InChI=1S/C12H16N4O2S/c1-16(2)12-13-11(18-14-12)9-5-7-10(8-6-9)15-19(3,4)17/h5-8H,1-4H3. The normalized spacial score (nSPS) is 11.4. The van der Waals surface area contributed by atoms with Crippen LogP contribution >= 0.6 is 0 Å². The van der Waals surface area contributed by atoms with Crippen molar-refractivity contribution in [3.8, 4) is 11.5 Å². The fourth-order valence-electron chi connectivity index (χ4n) is 1.43. The van der Waals surface area contributed by atoms with E-state index in [1.807, 2.05) is 26.2 Å². The molecule has 0 aliphatic carbocycles. The highest BCUT2D eigenvalue weighted by molar-refractivity contribution is 7.92. The van der Waals surface area contributed by atoms with Gasteiger partial charge in [0.25, 0.3) is 11.8 Å². The Hall–Kier alpha value is -1.89. The van der Waals surface area contributed by atoms with Gasteiger partial charge in [-0.05, 0) is 29.4 Å². The van der Waals surface area contributed by atoms with Crippen LogP contribution in [0.2, 0.25) is 0 Å². The van der Waals surface area contributed by atoms with Crippen molar-refractivity contribution in [3.63, 3.8) is 0 Å². The molecule has 0 N–H and O–H groups in total. The Morgan fingerprint density at radius 2 is 1.84 bits per heavy atom. The van der Waals surface area contributed by atoms with Crippen LogP contribution in [0.3, 0.4) is 0 Å². The zero-order chi connectivity index (χ0) is 14.0. The topological polar surface area (TPSA) is 71.6 Å². The summed E-state index contributed by atoms with van der Waals surface area (Å²) in [5.74, 6) is 0.970. The number of hydrogen-bond donors (Lipinski definition) is 0. The van der Waals surface area contributed by atoms with Crippen molar-refractivity contribution in [3.05, 3.63) is 24.3 Å². The number of aromatic nitrogens is 2. The molecule has 0 radical (unpaired) electrons. The lowest BCUT2D eigenvalue weighted by Crippen LogP contribution is -2.09.